The summed E-state index contributed by atoms with van der Waals surface area (Å²) >= 11 is 0. The number of amides is 2. The molecule has 5 nitrogen and oxygen atoms in total. The van der Waals surface area contributed by atoms with Crippen molar-refractivity contribution in [2.24, 2.45) is 0 Å². The van der Waals surface area contributed by atoms with E-state index in [1.165, 1.54) is 7.05 Å². The lowest BCUT2D eigenvalue weighted by Crippen LogP contribution is -2.35. The lowest BCUT2D eigenvalue weighted by atomic mass is 10.1. The van der Waals surface area contributed by atoms with Crippen LogP contribution in [-0.2, 0) is 4.79 Å². The highest BCUT2D eigenvalue weighted by atomic mass is 35.5. The summed E-state index contributed by atoms with van der Waals surface area (Å²) in [5.41, 5.74) is 7.42. The van der Waals surface area contributed by atoms with E-state index in [1.54, 1.807) is 18.2 Å². The molecule has 1 rings (SSSR count). The van der Waals surface area contributed by atoms with Crippen LogP contribution in [0.1, 0.15) is 15.9 Å². The fourth-order valence-electron chi connectivity index (χ4n) is 1.23. The van der Waals surface area contributed by atoms with Gasteiger partial charge in [-0.05, 0) is 24.6 Å². The molecule has 0 heterocycles. The lowest BCUT2D eigenvalue weighted by Gasteiger charge is -2.07. The molecule has 0 fully saturated rings. The minimum absolute atomic E-state index is 0. The van der Waals surface area contributed by atoms with Crippen LogP contribution in [0.5, 0.6) is 0 Å². The van der Waals surface area contributed by atoms with Gasteiger partial charge in [0.1, 0.15) is 0 Å². The van der Waals surface area contributed by atoms with Crippen molar-refractivity contribution in [2.45, 2.75) is 6.92 Å². The first kappa shape index (κ1) is 15.2. The molecule has 0 spiro atoms. The molecule has 94 valence electrons. The average Bonchev–Trinajstić information content (AvgIpc) is 2.28. The molecule has 0 aliphatic heterocycles. The molecule has 1 aromatic rings. The van der Waals surface area contributed by atoms with Crippen molar-refractivity contribution in [1.82, 2.24) is 10.6 Å². The van der Waals surface area contributed by atoms with Gasteiger partial charge in [-0.15, -0.1) is 12.4 Å². The molecule has 0 radical (unpaired) electrons. The van der Waals surface area contributed by atoms with Gasteiger partial charge in [0.25, 0.3) is 5.91 Å². The van der Waals surface area contributed by atoms with Gasteiger partial charge in [0.05, 0.1) is 6.54 Å². The molecule has 0 unspecified atom stereocenters. The molecule has 0 saturated heterocycles. The van der Waals surface area contributed by atoms with Crippen LogP contribution in [0.3, 0.4) is 0 Å². The molecular weight excluding hydrogens is 242 g/mol. The molecule has 4 N–H and O–H groups in total. The van der Waals surface area contributed by atoms with Gasteiger partial charge in [0.15, 0.2) is 0 Å². The zero-order chi connectivity index (χ0) is 12.1. The Balaban J connectivity index is 0.00000256. The summed E-state index contributed by atoms with van der Waals surface area (Å²) in [6.07, 6.45) is 0. The van der Waals surface area contributed by atoms with Crippen LogP contribution in [0.2, 0.25) is 0 Å². The van der Waals surface area contributed by atoms with Crippen LogP contribution in [-0.4, -0.2) is 25.4 Å². The van der Waals surface area contributed by atoms with E-state index in [-0.39, 0.29) is 30.8 Å². The van der Waals surface area contributed by atoms with E-state index in [0.29, 0.717) is 11.3 Å². The fraction of sp³-hybridized carbons (Fsp3) is 0.273. The normalized spacial score (nSPS) is 9.06. The topological polar surface area (TPSA) is 84.2 Å². The summed E-state index contributed by atoms with van der Waals surface area (Å²) in [7, 11) is 1.51. The molecule has 0 aliphatic carbocycles. The van der Waals surface area contributed by atoms with Crippen LogP contribution in [0, 0.1) is 6.92 Å². The predicted molar refractivity (Wildman–Crippen MR) is 69.2 cm³/mol. The Morgan fingerprint density at radius 3 is 2.59 bits per heavy atom. The maximum absolute atomic E-state index is 11.7. The smallest absolute Gasteiger partial charge is 0.252 e. The monoisotopic (exact) mass is 257 g/mol. The molecule has 0 aliphatic rings. The molecule has 0 aromatic heterocycles. The number of benzene rings is 1. The number of hydrogen-bond acceptors (Lipinski definition) is 3. The van der Waals surface area contributed by atoms with Crippen molar-refractivity contribution in [2.75, 3.05) is 19.3 Å². The molecule has 2 amide bonds. The van der Waals surface area contributed by atoms with Gasteiger partial charge in [0.2, 0.25) is 5.91 Å². The van der Waals surface area contributed by atoms with Crippen molar-refractivity contribution in [3.63, 3.8) is 0 Å². The highest BCUT2D eigenvalue weighted by Crippen LogP contribution is 2.12. The van der Waals surface area contributed by atoms with E-state index in [9.17, 15) is 9.59 Å². The SMILES string of the molecule is CNC(=O)CNC(=O)c1cc(N)ccc1C.Cl. The van der Waals surface area contributed by atoms with Crippen LogP contribution in [0.15, 0.2) is 18.2 Å². The second-order valence-electron chi connectivity index (χ2n) is 3.43. The predicted octanol–water partition coefficient (Wildman–Crippen LogP) is 0.475. The number of nitrogens with two attached hydrogens (primary N) is 1. The Hall–Kier alpha value is -1.75. The number of hydrogen-bond donors (Lipinski definition) is 3. The summed E-state index contributed by atoms with van der Waals surface area (Å²) in [6, 6.07) is 5.09. The largest absolute Gasteiger partial charge is 0.399 e. The number of anilines is 1. The van der Waals surface area contributed by atoms with Crippen molar-refractivity contribution < 1.29 is 9.59 Å². The number of carbonyl (C=O) groups is 2. The van der Waals surface area contributed by atoms with Crippen LogP contribution in [0.4, 0.5) is 5.69 Å². The number of rotatable bonds is 3. The van der Waals surface area contributed by atoms with Crippen molar-refractivity contribution in [3.8, 4) is 0 Å². The maximum Gasteiger partial charge on any atom is 0.252 e. The first-order valence-corrected chi connectivity index (χ1v) is 4.89. The van der Waals surface area contributed by atoms with E-state index in [1.807, 2.05) is 6.92 Å². The summed E-state index contributed by atoms with van der Waals surface area (Å²) < 4.78 is 0. The highest BCUT2D eigenvalue weighted by Gasteiger charge is 2.09. The molecule has 0 saturated carbocycles. The number of carbonyl (C=O) groups excluding carboxylic acids is 2. The van der Waals surface area contributed by atoms with Crippen molar-refractivity contribution in [3.05, 3.63) is 29.3 Å². The maximum atomic E-state index is 11.7. The van der Waals surface area contributed by atoms with E-state index in [4.69, 9.17) is 5.73 Å². The minimum Gasteiger partial charge on any atom is -0.399 e. The quantitative estimate of drug-likeness (QED) is 0.689. The van der Waals surface area contributed by atoms with Crippen LogP contribution < -0.4 is 16.4 Å². The van der Waals surface area contributed by atoms with Gasteiger partial charge < -0.3 is 16.4 Å². The van der Waals surface area contributed by atoms with E-state index < -0.39 is 0 Å². The summed E-state index contributed by atoms with van der Waals surface area (Å²) in [4.78, 5) is 22.6. The van der Waals surface area contributed by atoms with Gasteiger partial charge in [-0.25, -0.2) is 0 Å². The molecule has 6 heteroatoms. The standard InChI is InChI=1S/C11H15N3O2.ClH/c1-7-3-4-8(12)5-9(7)11(16)14-6-10(15)13-2;/h3-5H,6,12H2,1-2H3,(H,13,15)(H,14,16);1H. The third-order valence-corrected chi connectivity index (χ3v) is 2.19. The molecule has 0 bridgehead atoms. The van der Waals surface area contributed by atoms with Gasteiger partial charge in [-0.3, -0.25) is 9.59 Å². The lowest BCUT2D eigenvalue weighted by molar-refractivity contribution is -0.119. The average molecular weight is 258 g/mol. The number of nitrogen functional groups attached to an aromatic ring is 1. The third kappa shape index (κ3) is 4.32. The zero-order valence-corrected chi connectivity index (χ0v) is 10.6. The Morgan fingerprint density at radius 2 is 2.00 bits per heavy atom. The summed E-state index contributed by atoms with van der Waals surface area (Å²) in [5.74, 6) is -0.539. The van der Waals surface area contributed by atoms with E-state index in [0.717, 1.165) is 5.56 Å². The van der Waals surface area contributed by atoms with Crippen LogP contribution in [0.25, 0.3) is 0 Å². The minimum atomic E-state index is -0.298. The third-order valence-electron chi connectivity index (χ3n) is 2.19. The second-order valence-corrected chi connectivity index (χ2v) is 3.43. The summed E-state index contributed by atoms with van der Waals surface area (Å²) in [6.45, 7) is 1.78. The fourth-order valence-corrected chi connectivity index (χ4v) is 1.23. The number of halogens is 1. The van der Waals surface area contributed by atoms with Crippen molar-refractivity contribution >= 4 is 29.9 Å². The van der Waals surface area contributed by atoms with Gasteiger partial charge in [-0.1, -0.05) is 6.07 Å². The number of nitrogens with one attached hydrogen (secondary N) is 2. The highest BCUT2D eigenvalue weighted by molar-refractivity contribution is 5.98. The zero-order valence-electron chi connectivity index (χ0n) is 9.74. The molecule has 1 aromatic carbocycles. The Kier molecular flexibility index (Phi) is 6.06. The second kappa shape index (κ2) is 6.75. The first-order valence-electron chi connectivity index (χ1n) is 4.89. The molecular formula is C11H16ClN3O2. The van der Waals surface area contributed by atoms with Crippen LogP contribution >= 0.6 is 12.4 Å². The van der Waals surface area contributed by atoms with Gasteiger partial charge in [-0.2, -0.15) is 0 Å². The van der Waals surface area contributed by atoms with E-state index >= 15 is 0 Å². The van der Waals surface area contributed by atoms with E-state index in [2.05, 4.69) is 10.6 Å². The number of aryl methyl sites for hydroxylation is 1. The summed E-state index contributed by atoms with van der Waals surface area (Å²) in [5, 5.41) is 4.93. The van der Waals surface area contributed by atoms with Gasteiger partial charge in [0, 0.05) is 18.3 Å². The number of likely N-dealkylation sites (N-methyl/N-ethyl adjacent to an activating group) is 1. The first-order chi connectivity index (χ1) is 7.54. The molecule has 0 atom stereocenters. The Morgan fingerprint density at radius 1 is 1.35 bits per heavy atom. The van der Waals surface area contributed by atoms with Gasteiger partial charge >= 0.3 is 0 Å². The van der Waals surface area contributed by atoms with Crippen molar-refractivity contribution in [1.29, 1.82) is 0 Å². The molecule has 17 heavy (non-hydrogen) atoms. The Bertz CT molecular complexity index is 421. The Labute approximate surface area is 106 Å².